The molecule has 2 unspecified atom stereocenters. The van der Waals surface area contributed by atoms with E-state index >= 15 is 0 Å². The molecule has 0 aliphatic carbocycles. The minimum absolute atomic E-state index is 0.123. The quantitative estimate of drug-likeness (QED) is 0.843. The summed E-state index contributed by atoms with van der Waals surface area (Å²) in [6, 6.07) is 8.55. The van der Waals surface area contributed by atoms with Gasteiger partial charge >= 0.3 is 0 Å². The Balaban J connectivity index is 2.37. The summed E-state index contributed by atoms with van der Waals surface area (Å²) < 4.78 is 0. The van der Waals surface area contributed by atoms with Gasteiger partial charge in [-0.15, -0.1) is 0 Å². The topological polar surface area (TPSA) is 15.3 Å². The van der Waals surface area contributed by atoms with Crippen LogP contribution in [0.4, 0.5) is 0 Å². The molecule has 0 radical (unpaired) electrons. The Morgan fingerprint density at radius 3 is 2.45 bits per heavy atom. The molecular weight excluding hydrogens is 268 g/mol. The van der Waals surface area contributed by atoms with Gasteiger partial charge in [0.25, 0.3) is 0 Å². The first-order valence-electron chi connectivity index (χ1n) is 7.86. The van der Waals surface area contributed by atoms with Gasteiger partial charge in [-0.25, -0.2) is 0 Å². The Morgan fingerprint density at radius 2 is 1.90 bits per heavy atom. The monoisotopic (exact) mass is 294 g/mol. The van der Waals surface area contributed by atoms with Crippen molar-refractivity contribution >= 4 is 11.6 Å². The third-order valence-electron chi connectivity index (χ3n) is 4.79. The summed E-state index contributed by atoms with van der Waals surface area (Å²) in [4.78, 5) is 2.64. The number of hydrogen-bond donors (Lipinski definition) is 1. The van der Waals surface area contributed by atoms with Crippen LogP contribution in [0.1, 0.15) is 51.6 Å². The molecule has 0 spiro atoms. The van der Waals surface area contributed by atoms with Crippen LogP contribution >= 0.6 is 11.6 Å². The Kier molecular flexibility index (Phi) is 5.48. The van der Waals surface area contributed by atoms with Crippen LogP contribution in [-0.4, -0.2) is 30.1 Å². The minimum atomic E-state index is 0.123. The fourth-order valence-corrected chi connectivity index (χ4v) is 3.66. The smallest absolute Gasteiger partial charge is 0.0519 e. The Hall–Kier alpha value is -0.570. The van der Waals surface area contributed by atoms with E-state index in [0.29, 0.717) is 0 Å². The number of halogens is 1. The van der Waals surface area contributed by atoms with Crippen LogP contribution in [0.15, 0.2) is 24.3 Å². The highest BCUT2D eigenvalue weighted by atomic mass is 35.5. The van der Waals surface area contributed by atoms with Gasteiger partial charge in [-0.1, -0.05) is 43.6 Å². The summed E-state index contributed by atoms with van der Waals surface area (Å²) in [5.41, 5.74) is 1.35. The summed E-state index contributed by atoms with van der Waals surface area (Å²) in [6.07, 6.45) is 3.75. The molecule has 2 atom stereocenters. The third-order valence-corrected chi connectivity index (χ3v) is 5.13. The van der Waals surface area contributed by atoms with E-state index in [1.807, 2.05) is 12.1 Å². The first-order chi connectivity index (χ1) is 9.63. The number of likely N-dealkylation sites (tertiary alicyclic amines) is 1. The van der Waals surface area contributed by atoms with E-state index < -0.39 is 0 Å². The fourth-order valence-electron chi connectivity index (χ4n) is 3.42. The van der Waals surface area contributed by atoms with Gasteiger partial charge in [-0.05, 0) is 57.5 Å². The van der Waals surface area contributed by atoms with Gasteiger partial charge in [0.15, 0.2) is 0 Å². The van der Waals surface area contributed by atoms with Crippen LogP contribution in [0, 0.1) is 0 Å². The third kappa shape index (κ3) is 3.03. The SMILES string of the molecule is CCNC(c1ccccc1Cl)C(C)(CC)N1CCCC1. The Morgan fingerprint density at radius 1 is 1.25 bits per heavy atom. The van der Waals surface area contributed by atoms with E-state index in [1.165, 1.54) is 31.5 Å². The second-order valence-corrected chi connectivity index (χ2v) is 6.32. The number of hydrogen-bond acceptors (Lipinski definition) is 2. The zero-order valence-electron chi connectivity index (χ0n) is 13.0. The average Bonchev–Trinajstić information content (AvgIpc) is 3.00. The van der Waals surface area contributed by atoms with Gasteiger partial charge in [0, 0.05) is 10.6 Å². The maximum absolute atomic E-state index is 6.47. The molecule has 0 saturated carbocycles. The molecule has 2 nitrogen and oxygen atoms in total. The standard InChI is InChI=1S/C17H27ClN2/c1-4-17(3,20-12-8-9-13-20)16(19-5-2)14-10-6-7-11-15(14)18/h6-7,10-11,16,19H,4-5,8-9,12-13H2,1-3H3. The fraction of sp³-hybridized carbons (Fsp3) is 0.647. The molecular formula is C17H27ClN2. The molecule has 112 valence electrons. The van der Waals surface area contributed by atoms with E-state index in [9.17, 15) is 0 Å². The van der Waals surface area contributed by atoms with Crippen molar-refractivity contribution in [3.63, 3.8) is 0 Å². The predicted molar refractivity (Wildman–Crippen MR) is 87.4 cm³/mol. The van der Waals surface area contributed by atoms with E-state index in [2.05, 4.69) is 43.1 Å². The van der Waals surface area contributed by atoms with Gasteiger partial charge in [-0.2, -0.15) is 0 Å². The van der Waals surface area contributed by atoms with Crippen LogP contribution in [0.2, 0.25) is 5.02 Å². The van der Waals surface area contributed by atoms with Gasteiger partial charge in [-0.3, -0.25) is 4.90 Å². The largest absolute Gasteiger partial charge is 0.309 e. The van der Waals surface area contributed by atoms with Crippen molar-refractivity contribution in [2.75, 3.05) is 19.6 Å². The molecule has 1 heterocycles. The number of nitrogens with zero attached hydrogens (tertiary/aromatic N) is 1. The lowest BCUT2D eigenvalue weighted by Crippen LogP contribution is -2.53. The van der Waals surface area contributed by atoms with Crippen LogP contribution in [0.25, 0.3) is 0 Å². The Labute approximate surface area is 128 Å². The molecule has 0 aromatic heterocycles. The highest BCUT2D eigenvalue weighted by Crippen LogP contribution is 2.38. The summed E-state index contributed by atoms with van der Waals surface area (Å²) >= 11 is 6.47. The average molecular weight is 295 g/mol. The Bertz CT molecular complexity index is 429. The van der Waals surface area contributed by atoms with Crippen LogP contribution < -0.4 is 5.32 Å². The van der Waals surface area contributed by atoms with Gasteiger partial charge < -0.3 is 5.32 Å². The van der Waals surface area contributed by atoms with Gasteiger partial charge in [0.05, 0.1) is 6.04 Å². The van der Waals surface area contributed by atoms with Crippen molar-refractivity contribution in [2.45, 2.75) is 51.6 Å². The molecule has 1 fully saturated rings. The number of benzene rings is 1. The molecule has 1 N–H and O–H groups in total. The van der Waals surface area contributed by atoms with E-state index in [0.717, 1.165) is 18.0 Å². The van der Waals surface area contributed by atoms with E-state index in [4.69, 9.17) is 11.6 Å². The molecule has 0 amide bonds. The second-order valence-electron chi connectivity index (χ2n) is 5.92. The minimum Gasteiger partial charge on any atom is -0.309 e. The first-order valence-corrected chi connectivity index (χ1v) is 8.24. The van der Waals surface area contributed by atoms with Crippen molar-refractivity contribution in [2.24, 2.45) is 0 Å². The maximum atomic E-state index is 6.47. The number of likely N-dealkylation sites (N-methyl/N-ethyl adjacent to an activating group) is 1. The van der Waals surface area contributed by atoms with Crippen molar-refractivity contribution in [1.29, 1.82) is 0 Å². The lowest BCUT2D eigenvalue weighted by Gasteiger charge is -2.45. The van der Waals surface area contributed by atoms with Crippen LogP contribution in [0.3, 0.4) is 0 Å². The van der Waals surface area contributed by atoms with Crippen molar-refractivity contribution in [3.8, 4) is 0 Å². The summed E-state index contributed by atoms with van der Waals surface area (Å²) in [6.45, 7) is 10.2. The predicted octanol–water partition coefficient (Wildman–Crippen LogP) is 4.26. The number of rotatable bonds is 6. The van der Waals surface area contributed by atoms with Crippen molar-refractivity contribution in [3.05, 3.63) is 34.9 Å². The molecule has 2 rings (SSSR count). The maximum Gasteiger partial charge on any atom is 0.0519 e. The zero-order valence-corrected chi connectivity index (χ0v) is 13.7. The summed E-state index contributed by atoms with van der Waals surface area (Å²) in [7, 11) is 0. The van der Waals surface area contributed by atoms with Crippen molar-refractivity contribution < 1.29 is 0 Å². The zero-order chi connectivity index (χ0) is 14.6. The highest BCUT2D eigenvalue weighted by Gasteiger charge is 2.40. The number of nitrogens with one attached hydrogen (secondary N) is 1. The molecule has 0 bridgehead atoms. The van der Waals surface area contributed by atoms with Gasteiger partial charge in [0.2, 0.25) is 0 Å². The van der Waals surface area contributed by atoms with Crippen molar-refractivity contribution in [1.82, 2.24) is 10.2 Å². The lowest BCUT2D eigenvalue weighted by molar-refractivity contribution is 0.0847. The molecule has 1 saturated heterocycles. The molecule has 1 aliphatic rings. The highest BCUT2D eigenvalue weighted by molar-refractivity contribution is 6.31. The summed E-state index contributed by atoms with van der Waals surface area (Å²) in [5.74, 6) is 0. The molecule has 3 heteroatoms. The molecule has 1 aromatic rings. The first kappa shape index (κ1) is 15.8. The summed E-state index contributed by atoms with van der Waals surface area (Å²) in [5, 5.41) is 4.55. The van der Waals surface area contributed by atoms with E-state index in [1.54, 1.807) is 0 Å². The molecule has 20 heavy (non-hydrogen) atoms. The molecule has 1 aliphatic heterocycles. The molecule has 1 aromatic carbocycles. The van der Waals surface area contributed by atoms with E-state index in [-0.39, 0.29) is 11.6 Å². The van der Waals surface area contributed by atoms with Gasteiger partial charge in [0.1, 0.15) is 0 Å². The van der Waals surface area contributed by atoms with Crippen LogP contribution in [0.5, 0.6) is 0 Å². The second kappa shape index (κ2) is 6.93. The normalized spacial score (nSPS) is 20.8. The van der Waals surface area contributed by atoms with Crippen LogP contribution in [-0.2, 0) is 0 Å². The lowest BCUT2D eigenvalue weighted by atomic mass is 9.83.